The molecular weight excluding hydrogens is 602 g/mol. The molecule has 168 valence electrons. The van der Waals surface area contributed by atoms with E-state index in [1.807, 2.05) is 19.1 Å². The van der Waals surface area contributed by atoms with Gasteiger partial charge in [0.15, 0.2) is 11.5 Å². The van der Waals surface area contributed by atoms with E-state index in [9.17, 15) is 14.4 Å². The molecule has 0 aliphatic heterocycles. The van der Waals surface area contributed by atoms with Gasteiger partial charge in [-0.3, -0.25) is 4.79 Å². The number of anilines is 1. The third kappa shape index (κ3) is 6.79. The number of nitrogens with one attached hydrogen (secondary N) is 1. The van der Waals surface area contributed by atoms with Crippen LogP contribution < -0.4 is 14.8 Å². The third-order valence-corrected chi connectivity index (χ3v) is 5.71. The number of nitrogens with zero attached hydrogens (tertiary/aromatic N) is 1. The normalized spacial score (nSPS) is 10.9. The number of halogens is 3. The maximum absolute atomic E-state index is 14.0. The van der Waals surface area contributed by atoms with Gasteiger partial charge >= 0.3 is 0 Å². The van der Waals surface area contributed by atoms with Gasteiger partial charge in [-0.05, 0) is 77.6 Å². The molecule has 0 aromatic heterocycles. The number of benzene rings is 3. The van der Waals surface area contributed by atoms with Gasteiger partial charge < -0.3 is 14.8 Å². The fourth-order valence-electron chi connectivity index (χ4n) is 2.92. The second kappa shape index (κ2) is 11.8. The minimum absolute atomic E-state index is 0.0381. The molecular formula is C25H19BrFIN2O3. The highest BCUT2D eigenvalue weighted by Crippen LogP contribution is 2.35. The molecule has 0 atom stereocenters. The van der Waals surface area contributed by atoms with Gasteiger partial charge in [0.05, 0.1) is 10.2 Å². The van der Waals surface area contributed by atoms with Crippen LogP contribution >= 0.6 is 38.5 Å². The SMILES string of the molecule is CCOc1cc(/C=C(/C#N)C(=O)Nc2cccc(Br)c2)cc(I)c1OCc1ccccc1F. The second-order valence-electron chi connectivity index (χ2n) is 6.78. The van der Waals surface area contributed by atoms with Gasteiger partial charge in [-0.25, -0.2) is 4.39 Å². The van der Waals surface area contributed by atoms with Crippen molar-refractivity contribution in [3.8, 4) is 17.6 Å². The van der Waals surface area contributed by atoms with Crippen molar-refractivity contribution in [2.75, 3.05) is 11.9 Å². The quantitative estimate of drug-likeness (QED) is 0.172. The highest BCUT2D eigenvalue weighted by molar-refractivity contribution is 14.1. The van der Waals surface area contributed by atoms with Crippen molar-refractivity contribution in [2.45, 2.75) is 13.5 Å². The van der Waals surface area contributed by atoms with Crippen LogP contribution in [0.4, 0.5) is 10.1 Å². The number of rotatable bonds is 8. The van der Waals surface area contributed by atoms with Gasteiger partial charge in [-0.2, -0.15) is 5.26 Å². The van der Waals surface area contributed by atoms with E-state index in [2.05, 4.69) is 43.8 Å². The molecule has 8 heteroatoms. The smallest absolute Gasteiger partial charge is 0.266 e. The zero-order valence-electron chi connectivity index (χ0n) is 17.6. The Bertz CT molecular complexity index is 1240. The fraction of sp³-hybridized carbons (Fsp3) is 0.120. The molecule has 5 nitrogen and oxygen atoms in total. The maximum Gasteiger partial charge on any atom is 0.266 e. The van der Waals surface area contributed by atoms with Gasteiger partial charge in [0.25, 0.3) is 5.91 Å². The molecule has 0 radical (unpaired) electrons. The lowest BCUT2D eigenvalue weighted by Gasteiger charge is -2.15. The highest BCUT2D eigenvalue weighted by atomic mass is 127. The van der Waals surface area contributed by atoms with Crippen molar-refractivity contribution < 1.29 is 18.7 Å². The molecule has 0 unspecified atom stereocenters. The Morgan fingerprint density at radius 2 is 1.97 bits per heavy atom. The first kappa shape index (κ1) is 24.7. The summed E-state index contributed by atoms with van der Waals surface area (Å²) in [4.78, 5) is 12.6. The third-order valence-electron chi connectivity index (χ3n) is 4.42. The van der Waals surface area contributed by atoms with E-state index in [1.165, 1.54) is 12.1 Å². The topological polar surface area (TPSA) is 71.3 Å². The average molecular weight is 621 g/mol. The van der Waals surface area contributed by atoms with E-state index in [0.29, 0.717) is 38.5 Å². The van der Waals surface area contributed by atoms with Crippen molar-refractivity contribution in [3.63, 3.8) is 0 Å². The molecule has 3 rings (SSSR count). The van der Waals surface area contributed by atoms with Crippen molar-refractivity contribution in [1.29, 1.82) is 5.26 Å². The Morgan fingerprint density at radius 1 is 1.18 bits per heavy atom. The zero-order chi connectivity index (χ0) is 23.8. The van der Waals surface area contributed by atoms with Gasteiger partial charge in [-0.15, -0.1) is 0 Å². The average Bonchev–Trinajstić information content (AvgIpc) is 2.78. The monoisotopic (exact) mass is 620 g/mol. The van der Waals surface area contributed by atoms with Gasteiger partial charge in [0.2, 0.25) is 0 Å². The largest absolute Gasteiger partial charge is 0.490 e. The number of hydrogen-bond donors (Lipinski definition) is 1. The van der Waals surface area contributed by atoms with Crippen LogP contribution in [0.15, 0.2) is 70.7 Å². The molecule has 0 saturated carbocycles. The first-order chi connectivity index (χ1) is 15.9. The molecule has 0 heterocycles. The van der Waals surface area contributed by atoms with Gasteiger partial charge in [-0.1, -0.05) is 40.2 Å². The number of ether oxygens (including phenoxy) is 2. The number of carbonyl (C=O) groups is 1. The van der Waals surface area contributed by atoms with Crippen LogP contribution in [0.5, 0.6) is 11.5 Å². The number of nitriles is 1. The summed E-state index contributed by atoms with van der Waals surface area (Å²) < 4.78 is 27.0. The van der Waals surface area contributed by atoms with Crippen LogP contribution in [0.3, 0.4) is 0 Å². The standard InChI is InChI=1S/C25H19BrFIN2O3/c1-2-32-23-12-16(10-18(14-29)25(31)30-20-8-5-7-19(26)13-20)11-22(28)24(23)33-15-17-6-3-4-9-21(17)27/h3-13H,2,15H2,1H3,(H,30,31)/b18-10-. The molecule has 0 spiro atoms. The summed E-state index contributed by atoms with van der Waals surface area (Å²) in [6.07, 6.45) is 1.48. The summed E-state index contributed by atoms with van der Waals surface area (Å²) >= 11 is 5.43. The van der Waals surface area contributed by atoms with Crippen LogP contribution in [0, 0.1) is 20.7 Å². The van der Waals surface area contributed by atoms with E-state index >= 15 is 0 Å². The lowest BCUT2D eigenvalue weighted by molar-refractivity contribution is -0.112. The Morgan fingerprint density at radius 3 is 2.67 bits per heavy atom. The summed E-state index contributed by atoms with van der Waals surface area (Å²) in [6, 6.07) is 18.9. The van der Waals surface area contributed by atoms with E-state index in [1.54, 1.807) is 48.5 Å². The van der Waals surface area contributed by atoms with Crippen LogP contribution in [0.2, 0.25) is 0 Å². The molecule has 1 N–H and O–H groups in total. The first-order valence-electron chi connectivity index (χ1n) is 9.92. The van der Waals surface area contributed by atoms with Crippen molar-refractivity contribution in [1.82, 2.24) is 0 Å². The van der Waals surface area contributed by atoms with E-state index in [-0.39, 0.29) is 18.0 Å². The Hall–Kier alpha value is -2.90. The molecule has 0 aliphatic carbocycles. The van der Waals surface area contributed by atoms with Crippen LogP contribution in [0.1, 0.15) is 18.1 Å². The second-order valence-corrected chi connectivity index (χ2v) is 8.86. The Balaban J connectivity index is 1.86. The summed E-state index contributed by atoms with van der Waals surface area (Å²) in [5, 5.41) is 12.3. The van der Waals surface area contributed by atoms with E-state index < -0.39 is 5.91 Å². The summed E-state index contributed by atoms with van der Waals surface area (Å²) in [5.74, 6) is 0.0372. The van der Waals surface area contributed by atoms with Crippen molar-refractivity contribution in [2.24, 2.45) is 0 Å². The Kier molecular flexibility index (Phi) is 8.86. The number of hydrogen-bond acceptors (Lipinski definition) is 4. The van der Waals surface area contributed by atoms with Crippen LogP contribution in [-0.2, 0) is 11.4 Å². The summed E-state index contributed by atoms with van der Waals surface area (Å²) in [6.45, 7) is 2.26. The summed E-state index contributed by atoms with van der Waals surface area (Å²) in [5.41, 5.74) is 1.53. The van der Waals surface area contributed by atoms with E-state index in [4.69, 9.17) is 9.47 Å². The lowest BCUT2D eigenvalue weighted by atomic mass is 10.1. The minimum Gasteiger partial charge on any atom is -0.490 e. The maximum atomic E-state index is 14.0. The van der Waals surface area contributed by atoms with Crippen molar-refractivity contribution in [3.05, 3.63) is 91.2 Å². The molecule has 0 saturated heterocycles. The zero-order valence-corrected chi connectivity index (χ0v) is 21.3. The molecule has 1 amide bonds. The molecule has 3 aromatic carbocycles. The van der Waals surface area contributed by atoms with Gasteiger partial charge in [0.1, 0.15) is 24.1 Å². The van der Waals surface area contributed by atoms with E-state index in [0.717, 1.165) is 4.47 Å². The predicted octanol–water partition coefficient (Wildman–Crippen LogP) is 6.72. The fourth-order valence-corrected chi connectivity index (χ4v) is 4.10. The van der Waals surface area contributed by atoms with Gasteiger partial charge in [0, 0.05) is 15.7 Å². The number of carbonyl (C=O) groups excluding carboxylic acids is 1. The molecule has 3 aromatic rings. The van der Waals surface area contributed by atoms with Crippen LogP contribution in [0.25, 0.3) is 6.08 Å². The highest BCUT2D eigenvalue weighted by Gasteiger charge is 2.15. The number of amides is 1. The first-order valence-corrected chi connectivity index (χ1v) is 11.8. The Labute approximate surface area is 213 Å². The molecule has 33 heavy (non-hydrogen) atoms. The molecule has 0 aliphatic rings. The molecule has 0 fully saturated rings. The summed E-state index contributed by atoms with van der Waals surface area (Å²) in [7, 11) is 0. The van der Waals surface area contributed by atoms with Crippen molar-refractivity contribution >= 4 is 56.2 Å². The lowest BCUT2D eigenvalue weighted by Crippen LogP contribution is -2.13. The van der Waals surface area contributed by atoms with Crippen LogP contribution in [-0.4, -0.2) is 12.5 Å². The predicted molar refractivity (Wildman–Crippen MR) is 137 cm³/mol. The molecule has 0 bridgehead atoms. The minimum atomic E-state index is -0.525.